The van der Waals surface area contributed by atoms with E-state index < -0.39 is 9.84 Å². The molecule has 0 unspecified atom stereocenters. The minimum Gasteiger partial charge on any atom is -0.340 e. The lowest BCUT2D eigenvalue weighted by Crippen LogP contribution is -2.36. The van der Waals surface area contributed by atoms with E-state index in [-0.39, 0.29) is 23.5 Å². The van der Waals surface area contributed by atoms with Gasteiger partial charge in [0.25, 0.3) is 0 Å². The van der Waals surface area contributed by atoms with E-state index in [1.165, 1.54) is 11.5 Å². The quantitative estimate of drug-likeness (QED) is 0.737. The molecule has 0 saturated carbocycles. The number of amides is 1. The Bertz CT molecular complexity index is 629. The summed E-state index contributed by atoms with van der Waals surface area (Å²) in [6.45, 7) is 2.97. The van der Waals surface area contributed by atoms with Crippen molar-refractivity contribution >= 4 is 27.3 Å². The fourth-order valence-electron chi connectivity index (χ4n) is 2.47. The SMILES string of the molecule is Cc1nnsc1CN(C)C(=O)CCN(C)[C@H]1CCS(=O)(=O)C1. The van der Waals surface area contributed by atoms with E-state index in [1.54, 1.807) is 11.9 Å². The van der Waals surface area contributed by atoms with Gasteiger partial charge < -0.3 is 9.80 Å². The Morgan fingerprint density at radius 3 is 2.68 bits per heavy atom. The molecule has 7 nitrogen and oxygen atoms in total. The second-order valence-corrected chi connectivity index (χ2v) is 8.89. The standard InChI is InChI=1S/C13H22N4O3S2/c1-10-12(21-15-14-10)8-17(3)13(18)4-6-16(2)11-5-7-22(19,20)9-11/h11H,4-9H2,1-3H3/t11-/m0/s1. The van der Waals surface area contributed by atoms with Crippen LogP contribution in [0, 0.1) is 6.92 Å². The minimum atomic E-state index is -2.88. The third-order valence-corrected chi connectivity index (χ3v) is 6.62. The molecule has 0 N–H and O–H groups in total. The summed E-state index contributed by atoms with van der Waals surface area (Å²) in [6, 6.07) is 0.0380. The Balaban J connectivity index is 1.78. The first kappa shape index (κ1) is 17.3. The lowest BCUT2D eigenvalue weighted by atomic mass is 10.2. The van der Waals surface area contributed by atoms with Crippen LogP contribution >= 0.6 is 11.5 Å². The maximum absolute atomic E-state index is 12.2. The van der Waals surface area contributed by atoms with Crippen molar-refractivity contribution in [2.45, 2.75) is 32.4 Å². The Labute approximate surface area is 135 Å². The van der Waals surface area contributed by atoms with Gasteiger partial charge in [-0.15, -0.1) is 5.10 Å². The number of aromatic nitrogens is 2. The molecule has 124 valence electrons. The van der Waals surface area contributed by atoms with Gasteiger partial charge in [0.05, 0.1) is 28.6 Å². The van der Waals surface area contributed by atoms with Crippen molar-refractivity contribution in [3.05, 3.63) is 10.6 Å². The number of hydrogen-bond donors (Lipinski definition) is 0. The number of nitrogens with zero attached hydrogens (tertiary/aromatic N) is 4. The summed E-state index contributed by atoms with van der Waals surface area (Å²) in [5.41, 5.74) is 0.859. The minimum absolute atomic E-state index is 0.0380. The Kier molecular flexibility index (Phi) is 5.51. The topological polar surface area (TPSA) is 83.5 Å². The van der Waals surface area contributed by atoms with Gasteiger partial charge in [-0.05, 0) is 31.9 Å². The summed E-state index contributed by atoms with van der Waals surface area (Å²) < 4.78 is 26.8. The zero-order chi connectivity index (χ0) is 16.3. The molecule has 9 heteroatoms. The molecule has 1 saturated heterocycles. The number of hydrogen-bond acceptors (Lipinski definition) is 7. The third kappa shape index (κ3) is 4.47. The number of sulfone groups is 1. The molecule has 1 aliphatic heterocycles. The number of aryl methyl sites for hydroxylation is 1. The van der Waals surface area contributed by atoms with Crippen LogP contribution in [0.4, 0.5) is 0 Å². The van der Waals surface area contributed by atoms with Crippen LogP contribution in [0.3, 0.4) is 0 Å². The molecule has 22 heavy (non-hydrogen) atoms. The highest BCUT2D eigenvalue weighted by Crippen LogP contribution is 2.17. The van der Waals surface area contributed by atoms with E-state index in [0.29, 0.717) is 25.9 Å². The zero-order valence-electron chi connectivity index (χ0n) is 13.2. The normalized spacial score (nSPS) is 20.5. The number of carbonyl (C=O) groups is 1. The highest BCUT2D eigenvalue weighted by atomic mass is 32.2. The van der Waals surface area contributed by atoms with Crippen molar-refractivity contribution < 1.29 is 13.2 Å². The van der Waals surface area contributed by atoms with Gasteiger partial charge in [-0.3, -0.25) is 4.79 Å². The predicted octanol–water partition coefficient (Wildman–Crippen LogP) is 0.314. The van der Waals surface area contributed by atoms with Crippen molar-refractivity contribution in [3.8, 4) is 0 Å². The summed E-state index contributed by atoms with van der Waals surface area (Å²) in [6.07, 6.45) is 1.05. The Hall–Kier alpha value is -1.06. The fourth-order valence-corrected chi connectivity index (χ4v) is 4.96. The highest BCUT2D eigenvalue weighted by Gasteiger charge is 2.30. The van der Waals surface area contributed by atoms with Gasteiger partial charge in [-0.1, -0.05) is 4.49 Å². The van der Waals surface area contributed by atoms with Gasteiger partial charge in [0.2, 0.25) is 5.91 Å². The van der Waals surface area contributed by atoms with Crippen LogP contribution in [0.15, 0.2) is 0 Å². The maximum atomic E-state index is 12.2. The van der Waals surface area contributed by atoms with Gasteiger partial charge in [-0.25, -0.2) is 8.42 Å². The maximum Gasteiger partial charge on any atom is 0.223 e. The van der Waals surface area contributed by atoms with Gasteiger partial charge in [0, 0.05) is 26.1 Å². The molecule has 1 atom stereocenters. The van der Waals surface area contributed by atoms with Crippen LogP contribution in [-0.2, 0) is 21.2 Å². The second-order valence-electron chi connectivity index (χ2n) is 5.82. The van der Waals surface area contributed by atoms with E-state index >= 15 is 0 Å². The highest BCUT2D eigenvalue weighted by molar-refractivity contribution is 7.91. The average Bonchev–Trinajstić information content (AvgIpc) is 3.01. The van der Waals surface area contributed by atoms with Crippen LogP contribution in [0.2, 0.25) is 0 Å². The summed E-state index contributed by atoms with van der Waals surface area (Å²) in [5.74, 6) is 0.507. The van der Waals surface area contributed by atoms with Gasteiger partial charge in [0.1, 0.15) is 0 Å². The van der Waals surface area contributed by atoms with Crippen molar-refractivity contribution in [3.63, 3.8) is 0 Å². The largest absolute Gasteiger partial charge is 0.340 e. The summed E-state index contributed by atoms with van der Waals surface area (Å²) >= 11 is 1.31. The molecule has 0 aromatic carbocycles. The summed E-state index contributed by atoms with van der Waals surface area (Å²) in [5, 5.41) is 3.93. The van der Waals surface area contributed by atoms with Crippen LogP contribution < -0.4 is 0 Å². The second kappa shape index (κ2) is 7.01. The molecule has 0 radical (unpaired) electrons. The Morgan fingerprint density at radius 1 is 1.41 bits per heavy atom. The van der Waals surface area contributed by atoms with Gasteiger partial charge >= 0.3 is 0 Å². The van der Waals surface area contributed by atoms with Crippen molar-refractivity contribution in [2.24, 2.45) is 0 Å². The molecule has 1 aromatic heterocycles. The molecular formula is C13H22N4O3S2. The zero-order valence-corrected chi connectivity index (χ0v) is 14.8. The van der Waals surface area contributed by atoms with Crippen molar-refractivity contribution in [1.82, 2.24) is 19.4 Å². The van der Waals surface area contributed by atoms with E-state index in [2.05, 4.69) is 9.59 Å². The molecule has 1 aromatic rings. The van der Waals surface area contributed by atoms with E-state index in [0.717, 1.165) is 10.6 Å². The molecule has 1 amide bonds. The first-order chi connectivity index (χ1) is 10.3. The number of carbonyl (C=O) groups excluding carboxylic acids is 1. The molecule has 2 heterocycles. The fraction of sp³-hybridized carbons (Fsp3) is 0.769. The molecule has 1 fully saturated rings. The number of rotatable bonds is 6. The summed E-state index contributed by atoms with van der Waals surface area (Å²) in [4.78, 5) is 16.8. The smallest absolute Gasteiger partial charge is 0.223 e. The van der Waals surface area contributed by atoms with Crippen molar-refractivity contribution in [2.75, 3.05) is 32.1 Å². The molecule has 0 spiro atoms. The lowest BCUT2D eigenvalue weighted by Gasteiger charge is -2.24. The van der Waals surface area contributed by atoms with Crippen LogP contribution in [-0.4, -0.2) is 71.9 Å². The third-order valence-electron chi connectivity index (χ3n) is 4.06. The van der Waals surface area contributed by atoms with Gasteiger partial charge in [0.15, 0.2) is 9.84 Å². The molecule has 0 aliphatic carbocycles. The van der Waals surface area contributed by atoms with Gasteiger partial charge in [-0.2, -0.15) is 0 Å². The monoisotopic (exact) mass is 346 g/mol. The van der Waals surface area contributed by atoms with Crippen LogP contribution in [0.1, 0.15) is 23.4 Å². The first-order valence-electron chi connectivity index (χ1n) is 7.21. The molecule has 2 rings (SSSR count). The lowest BCUT2D eigenvalue weighted by molar-refractivity contribution is -0.130. The van der Waals surface area contributed by atoms with E-state index in [9.17, 15) is 13.2 Å². The van der Waals surface area contributed by atoms with Crippen LogP contribution in [0.25, 0.3) is 0 Å². The van der Waals surface area contributed by atoms with Crippen molar-refractivity contribution in [1.29, 1.82) is 0 Å². The predicted molar refractivity (Wildman–Crippen MR) is 85.4 cm³/mol. The van der Waals surface area contributed by atoms with Crippen LogP contribution in [0.5, 0.6) is 0 Å². The first-order valence-corrected chi connectivity index (χ1v) is 9.80. The van der Waals surface area contributed by atoms with E-state index in [4.69, 9.17) is 0 Å². The Morgan fingerprint density at radius 2 is 2.14 bits per heavy atom. The molecule has 0 bridgehead atoms. The molecule has 1 aliphatic rings. The van der Waals surface area contributed by atoms with E-state index in [1.807, 2.05) is 18.9 Å². The summed E-state index contributed by atoms with van der Waals surface area (Å²) in [7, 11) is 0.766. The molecular weight excluding hydrogens is 324 g/mol. The average molecular weight is 346 g/mol.